The summed E-state index contributed by atoms with van der Waals surface area (Å²) >= 11 is 0. The zero-order chi connectivity index (χ0) is 18.0. The minimum atomic E-state index is -1.23. The summed E-state index contributed by atoms with van der Waals surface area (Å²) < 4.78 is 13.1. The van der Waals surface area contributed by atoms with E-state index in [4.69, 9.17) is 0 Å². The standard InChI is InChI=1S/C19H28FN3O2/c1-21-12-8-19(9-13-21)14-23(11-3-10-22(19)2)18(25)17(24)15-4-6-16(20)7-5-15/h4-7,17,24H,3,8-14H2,1-2H3. The Bertz CT molecular complexity index is 599. The number of likely N-dealkylation sites (N-methyl/N-ethyl adjacent to an activating group) is 1. The van der Waals surface area contributed by atoms with Crippen LogP contribution in [0.15, 0.2) is 24.3 Å². The fraction of sp³-hybridized carbons (Fsp3) is 0.632. The van der Waals surface area contributed by atoms with E-state index in [2.05, 4.69) is 23.9 Å². The molecule has 5 nitrogen and oxygen atoms in total. The molecule has 1 spiro atoms. The molecule has 2 heterocycles. The van der Waals surface area contributed by atoms with Crippen molar-refractivity contribution in [1.29, 1.82) is 0 Å². The summed E-state index contributed by atoms with van der Waals surface area (Å²) in [5.74, 6) is -0.648. The van der Waals surface area contributed by atoms with Crippen LogP contribution in [0.25, 0.3) is 0 Å². The van der Waals surface area contributed by atoms with Gasteiger partial charge in [0, 0.05) is 25.2 Å². The van der Waals surface area contributed by atoms with Gasteiger partial charge in [0.05, 0.1) is 0 Å². The third-order valence-electron chi connectivity index (χ3n) is 5.87. The smallest absolute Gasteiger partial charge is 0.256 e. The van der Waals surface area contributed by atoms with Gasteiger partial charge in [-0.2, -0.15) is 0 Å². The van der Waals surface area contributed by atoms with E-state index < -0.39 is 6.10 Å². The Hall–Kier alpha value is -1.50. The number of aliphatic hydroxyl groups is 1. The molecule has 0 aromatic heterocycles. The van der Waals surface area contributed by atoms with Gasteiger partial charge < -0.3 is 14.9 Å². The Balaban J connectivity index is 1.76. The normalized spacial score (nSPS) is 23.4. The van der Waals surface area contributed by atoms with Crippen LogP contribution in [0.2, 0.25) is 0 Å². The van der Waals surface area contributed by atoms with Crippen LogP contribution in [0.1, 0.15) is 30.9 Å². The molecule has 2 aliphatic heterocycles. The van der Waals surface area contributed by atoms with Crippen molar-refractivity contribution >= 4 is 5.91 Å². The Morgan fingerprint density at radius 1 is 1.12 bits per heavy atom. The fourth-order valence-electron chi connectivity index (χ4n) is 4.01. The van der Waals surface area contributed by atoms with Crippen LogP contribution in [0.3, 0.4) is 0 Å². The van der Waals surface area contributed by atoms with Gasteiger partial charge in [-0.05, 0) is 64.1 Å². The van der Waals surface area contributed by atoms with Crippen LogP contribution in [0.5, 0.6) is 0 Å². The number of carbonyl (C=O) groups is 1. The first-order valence-electron chi connectivity index (χ1n) is 9.03. The van der Waals surface area contributed by atoms with Crippen molar-refractivity contribution in [2.24, 2.45) is 0 Å². The van der Waals surface area contributed by atoms with Gasteiger partial charge in [0.15, 0.2) is 6.10 Å². The Kier molecular flexibility index (Phi) is 5.41. The summed E-state index contributed by atoms with van der Waals surface area (Å²) in [5.41, 5.74) is 0.433. The Morgan fingerprint density at radius 2 is 1.76 bits per heavy atom. The van der Waals surface area contributed by atoms with E-state index in [-0.39, 0.29) is 17.3 Å². The second kappa shape index (κ2) is 7.40. The molecule has 25 heavy (non-hydrogen) atoms. The average molecular weight is 349 g/mol. The number of hydrogen-bond acceptors (Lipinski definition) is 4. The van der Waals surface area contributed by atoms with Crippen LogP contribution in [-0.2, 0) is 4.79 Å². The van der Waals surface area contributed by atoms with Crippen LogP contribution in [0.4, 0.5) is 4.39 Å². The molecule has 1 amide bonds. The van der Waals surface area contributed by atoms with Gasteiger partial charge in [0.2, 0.25) is 0 Å². The van der Waals surface area contributed by atoms with Crippen molar-refractivity contribution < 1.29 is 14.3 Å². The third kappa shape index (κ3) is 3.86. The predicted octanol–water partition coefficient (Wildman–Crippen LogP) is 1.49. The van der Waals surface area contributed by atoms with E-state index in [0.29, 0.717) is 18.7 Å². The molecule has 0 radical (unpaired) electrons. The largest absolute Gasteiger partial charge is 0.378 e. The summed E-state index contributed by atoms with van der Waals surface area (Å²) in [4.78, 5) is 19.4. The van der Waals surface area contributed by atoms with E-state index in [0.717, 1.165) is 38.9 Å². The molecule has 1 aromatic carbocycles. The van der Waals surface area contributed by atoms with E-state index in [1.807, 2.05) is 4.90 Å². The monoisotopic (exact) mass is 349 g/mol. The number of halogens is 1. The summed E-state index contributed by atoms with van der Waals surface area (Å²) in [5, 5.41) is 10.5. The molecule has 0 aliphatic carbocycles. The highest BCUT2D eigenvalue weighted by Gasteiger charge is 2.42. The molecule has 0 bridgehead atoms. The fourth-order valence-corrected chi connectivity index (χ4v) is 4.01. The van der Waals surface area contributed by atoms with E-state index in [9.17, 15) is 14.3 Å². The molecule has 1 unspecified atom stereocenters. The van der Waals surface area contributed by atoms with Gasteiger partial charge in [-0.15, -0.1) is 0 Å². The lowest BCUT2D eigenvalue weighted by Crippen LogP contribution is -2.58. The quantitative estimate of drug-likeness (QED) is 0.879. The minimum absolute atomic E-state index is 0.0127. The number of carbonyl (C=O) groups excluding carboxylic acids is 1. The number of amides is 1. The maximum absolute atomic E-state index is 13.1. The second-order valence-electron chi connectivity index (χ2n) is 7.52. The highest BCUT2D eigenvalue weighted by Crippen LogP contribution is 2.32. The molecular weight excluding hydrogens is 321 g/mol. The Morgan fingerprint density at radius 3 is 2.40 bits per heavy atom. The minimum Gasteiger partial charge on any atom is -0.378 e. The van der Waals surface area contributed by atoms with Crippen molar-refractivity contribution in [1.82, 2.24) is 14.7 Å². The molecule has 1 N–H and O–H groups in total. The zero-order valence-electron chi connectivity index (χ0n) is 15.1. The SMILES string of the molecule is CN1CCC2(CC1)CN(C(=O)C(O)c1ccc(F)cc1)CCCN2C. The Labute approximate surface area is 149 Å². The number of likely N-dealkylation sites (tertiary alicyclic amines) is 1. The van der Waals surface area contributed by atoms with Crippen molar-refractivity contribution in [2.45, 2.75) is 30.9 Å². The van der Waals surface area contributed by atoms with Crippen LogP contribution >= 0.6 is 0 Å². The van der Waals surface area contributed by atoms with Gasteiger partial charge in [0.1, 0.15) is 5.82 Å². The molecule has 1 aromatic rings. The summed E-state index contributed by atoms with van der Waals surface area (Å²) in [6.07, 6.45) is 1.72. The first-order chi connectivity index (χ1) is 11.9. The second-order valence-corrected chi connectivity index (χ2v) is 7.52. The van der Waals surface area contributed by atoms with E-state index in [1.165, 1.54) is 24.3 Å². The van der Waals surface area contributed by atoms with Crippen molar-refractivity contribution in [3.8, 4) is 0 Å². The summed E-state index contributed by atoms with van der Waals surface area (Å²) in [7, 11) is 4.28. The number of piperidine rings is 1. The van der Waals surface area contributed by atoms with Crippen LogP contribution in [0, 0.1) is 5.82 Å². The molecule has 2 fully saturated rings. The first kappa shape index (κ1) is 18.3. The lowest BCUT2D eigenvalue weighted by atomic mass is 9.85. The van der Waals surface area contributed by atoms with Crippen molar-refractivity contribution in [2.75, 3.05) is 46.8 Å². The molecule has 2 saturated heterocycles. The summed E-state index contributed by atoms with van der Waals surface area (Å²) in [6, 6.07) is 5.52. The van der Waals surface area contributed by atoms with Crippen LogP contribution in [-0.4, -0.2) is 78.1 Å². The van der Waals surface area contributed by atoms with E-state index in [1.54, 1.807) is 0 Å². The highest BCUT2D eigenvalue weighted by atomic mass is 19.1. The maximum atomic E-state index is 13.1. The summed E-state index contributed by atoms with van der Waals surface area (Å²) in [6.45, 7) is 4.30. The molecular formula is C19H28FN3O2. The van der Waals surface area contributed by atoms with Gasteiger partial charge in [-0.25, -0.2) is 4.39 Å². The lowest BCUT2D eigenvalue weighted by molar-refractivity contribution is -0.142. The van der Waals surface area contributed by atoms with Gasteiger partial charge >= 0.3 is 0 Å². The van der Waals surface area contributed by atoms with E-state index >= 15 is 0 Å². The lowest BCUT2D eigenvalue weighted by Gasteiger charge is -2.47. The maximum Gasteiger partial charge on any atom is 0.256 e. The van der Waals surface area contributed by atoms with Crippen molar-refractivity contribution in [3.63, 3.8) is 0 Å². The van der Waals surface area contributed by atoms with Gasteiger partial charge in [-0.1, -0.05) is 12.1 Å². The van der Waals surface area contributed by atoms with Crippen LogP contribution < -0.4 is 0 Å². The topological polar surface area (TPSA) is 47.0 Å². The molecule has 3 rings (SSSR count). The van der Waals surface area contributed by atoms with Gasteiger partial charge in [0.25, 0.3) is 5.91 Å². The number of benzene rings is 1. The molecule has 1 atom stereocenters. The molecule has 6 heteroatoms. The molecule has 0 saturated carbocycles. The predicted molar refractivity (Wildman–Crippen MR) is 94.6 cm³/mol. The average Bonchev–Trinajstić information content (AvgIpc) is 2.77. The molecule has 2 aliphatic rings. The third-order valence-corrected chi connectivity index (χ3v) is 5.87. The number of aliphatic hydroxyl groups excluding tert-OH is 1. The number of rotatable bonds is 2. The molecule has 138 valence electrons. The zero-order valence-corrected chi connectivity index (χ0v) is 15.1. The number of hydrogen-bond donors (Lipinski definition) is 1. The first-order valence-corrected chi connectivity index (χ1v) is 9.03. The van der Waals surface area contributed by atoms with Gasteiger partial charge in [-0.3, -0.25) is 9.69 Å². The van der Waals surface area contributed by atoms with Crippen molar-refractivity contribution in [3.05, 3.63) is 35.6 Å². The number of nitrogens with zero attached hydrogens (tertiary/aromatic N) is 3. The highest BCUT2D eigenvalue weighted by molar-refractivity contribution is 5.82.